The Bertz CT molecular complexity index is 1470. The largest absolute Gasteiger partial charge is 0.507 e. The van der Waals surface area contributed by atoms with E-state index in [4.69, 9.17) is 9.47 Å². The number of ether oxygens (including phenoxy) is 2. The van der Waals surface area contributed by atoms with Crippen molar-refractivity contribution in [2.45, 2.75) is 76.3 Å². The van der Waals surface area contributed by atoms with Crippen LogP contribution in [-0.4, -0.2) is 78.9 Å². The molecule has 6 atom stereocenters. The summed E-state index contributed by atoms with van der Waals surface area (Å²) in [5.74, 6) is -4.68. The highest BCUT2D eigenvalue weighted by atomic mass is 16.7. The second-order valence-electron chi connectivity index (χ2n) is 10.6. The Balaban J connectivity index is 1.64. The van der Waals surface area contributed by atoms with Gasteiger partial charge in [0.15, 0.2) is 17.9 Å². The van der Waals surface area contributed by atoms with Crippen molar-refractivity contribution >= 4 is 23.3 Å². The van der Waals surface area contributed by atoms with Crippen molar-refractivity contribution < 1.29 is 54.2 Å². The maximum absolute atomic E-state index is 13.5. The maximum atomic E-state index is 13.5. The van der Waals surface area contributed by atoms with Gasteiger partial charge in [-0.25, -0.2) is 0 Å². The number of aromatic hydroxyl groups is 3. The van der Waals surface area contributed by atoms with Gasteiger partial charge in [0.1, 0.15) is 29.0 Å². The van der Waals surface area contributed by atoms with E-state index in [9.17, 15) is 44.7 Å². The molecule has 6 N–H and O–H groups in total. The van der Waals surface area contributed by atoms with Crippen LogP contribution in [-0.2, 0) is 25.5 Å². The first-order chi connectivity index (χ1) is 18.7. The van der Waals surface area contributed by atoms with Crippen LogP contribution in [0.2, 0.25) is 0 Å². The number of hydrogen-bond donors (Lipinski definition) is 6. The fourth-order valence-electron chi connectivity index (χ4n) is 5.87. The van der Waals surface area contributed by atoms with Gasteiger partial charge in [-0.05, 0) is 19.9 Å². The van der Waals surface area contributed by atoms with E-state index >= 15 is 0 Å². The Hall–Kier alpha value is -3.84. The van der Waals surface area contributed by atoms with E-state index in [1.54, 1.807) is 6.92 Å². The Labute approximate surface area is 228 Å². The lowest BCUT2D eigenvalue weighted by atomic mass is 9.72. The van der Waals surface area contributed by atoms with Gasteiger partial charge in [-0.3, -0.25) is 19.2 Å². The standard InChI is InChI=1S/C28H29NO11/c1-10-23(33)15(29-12(3)31)7-18(39-10)40-17-9-28(38,11(2)30)8-14-20(17)27(37)22-21(25(14)35)24(34)13-5-4-6-16(32)19(13)26(22)36/h4-6,10,15,17-18,23,32-33,35,37-38H,7-9H2,1-3H3,(H,29,31)/t10?,15?,17-,18?,23?,28-/m0/s1. The molecule has 2 aliphatic carbocycles. The number of aliphatic hydroxyl groups excluding tert-OH is 1. The molecule has 1 amide bonds. The average molecular weight is 556 g/mol. The van der Waals surface area contributed by atoms with Gasteiger partial charge in [-0.2, -0.15) is 0 Å². The molecule has 0 saturated carbocycles. The molecule has 212 valence electrons. The van der Waals surface area contributed by atoms with Gasteiger partial charge in [0.05, 0.1) is 34.9 Å². The number of fused-ring (bicyclic) bond motifs is 3. The molecule has 3 aliphatic rings. The number of phenols is 3. The highest BCUT2D eigenvalue weighted by Gasteiger charge is 2.49. The Morgan fingerprint density at radius 3 is 2.38 bits per heavy atom. The van der Waals surface area contributed by atoms with E-state index in [1.807, 2.05) is 0 Å². The molecule has 1 saturated heterocycles. The molecule has 12 nitrogen and oxygen atoms in total. The van der Waals surface area contributed by atoms with Crippen molar-refractivity contribution in [3.05, 3.63) is 51.6 Å². The normalized spacial score (nSPS) is 29.3. The first kappa shape index (κ1) is 27.7. The molecule has 0 aromatic heterocycles. The van der Waals surface area contributed by atoms with Crippen LogP contribution in [0.5, 0.6) is 17.2 Å². The summed E-state index contributed by atoms with van der Waals surface area (Å²) in [6.45, 7) is 3.99. The zero-order chi connectivity index (χ0) is 29.3. The summed E-state index contributed by atoms with van der Waals surface area (Å²) in [5, 5.41) is 57.4. The zero-order valence-corrected chi connectivity index (χ0v) is 21.9. The molecular weight excluding hydrogens is 526 g/mol. The van der Waals surface area contributed by atoms with Gasteiger partial charge < -0.3 is 40.3 Å². The molecule has 0 bridgehead atoms. The van der Waals surface area contributed by atoms with Gasteiger partial charge in [-0.1, -0.05) is 12.1 Å². The fraction of sp³-hybridized carbons (Fsp3) is 0.429. The molecule has 0 radical (unpaired) electrons. The number of amides is 1. The average Bonchev–Trinajstić information content (AvgIpc) is 2.86. The van der Waals surface area contributed by atoms with Crippen LogP contribution in [0.15, 0.2) is 18.2 Å². The summed E-state index contributed by atoms with van der Waals surface area (Å²) in [5.41, 5.74) is -3.91. The lowest BCUT2D eigenvalue weighted by Gasteiger charge is -2.42. The Morgan fingerprint density at radius 2 is 1.73 bits per heavy atom. The third kappa shape index (κ3) is 4.24. The number of carbonyl (C=O) groups is 4. The summed E-state index contributed by atoms with van der Waals surface area (Å²) in [4.78, 5) is 51.0. The summed E-state index contributed by atoms with van der Waals surface area (Å²) < 4.78 is 11.9. The Kier molecular flexibility index (Phi) is 6.70. The van der Waals surface area contributed by atoms with E-state index in [1.165, 1.54) is 25.1 Å². The van der Waals surface area contributed by atoms with Crippen LogP contribution < -0.4 is 5.32 Å². The van der Waals surface area contributed by atoms with Crippen LogP contribution in [0.1, 0.15) is 82.7 Å². The predicted octanol–water partition coefficient (Wildman–Crippen LogP) is 0.903. The van der Waals surface area contributed by atoms with Gasteiger partial charge in [0.2, 0.25) is 11.7 Å². The van der Waals surface area contributed by atoms with E-state index in [-0.39, 0.29) is 28.7 Å². The van der Waals surface area contributed by atoms with Crippen molar-refractivity contribution in [3.8, 4) is 17.2 Å². The monoisotopic (exact) mass is 555 g/mol. The number of rotatable bonds is 4. The number of aliphatic hydroxyl groups is 2. The second-order valence-corrected chi connectivity index (χ2v) is 10.6. The predicted molar refractivity (Wildman–Crippen MR) is 135 cm³/mol. The second kappa shape index (κ2) is 9.66. The third-order valence-electron chi connectivity index (χ3n) is 7.94. The molecule has 4 unspecified atom stereocenters. The van der Waals surface area contributed by atoms with Gasteiger partial charge >= 0.3 is 0 Å². The number of phenolic OH excluding ortho intramolecular Hbond substituents is 3. The topological polar surface area (TPSA) is 200 Å². The van der Waals surface area contributed by atoms with E-state index < -0.39 is 101 Å². The minimum absolute atomic E-state index is 0.0359. The van der Waals surface area contributed by atoms with Crippen LogP contribution in [0.3, 0.4) is 0 Å². The fourth-order valence-corrected chi connectivity index (χ4v) is 5.87. The van der Waals surface area contributed by atoms with Crippen LogP contribution in [0.25, 0.3) is 0 Å². The summed E-state index contributed by atoms with van der Waals surface area (Å²) >= 11 is 0. The minimum atomic E-state index is -2.06. The third-order valence-corrected chi connectivity index (χ3v) is 7.94. The maximum Gasteiger partial charge on any atom is 0.217 e. The summed E-state index contributed by atoms with van der Waals surface area (Å²) in [7, 11) is 0. The first-order valence-corrected chi connectivity index (χ1v) is 12.8. The lowest BCUT2D eigenvalue weighted by Crippen LogP contribution is -2.55. The Morgan fingerprint density at radius 1 is 1.05 bits per heavy atom. The molecule has 0 spiro atoms. The number of hydrogen-bond acceptors (Lipinski definition) is 11. The number of ketones is 3. The van der Waals surface area contributed by atoms with E-state index in [2.05, 4.69) is 5.32 Å². The summed E-state index contributed by atoms with van der Waals surface area (Å²) in [6, 6.07) is 3.11. The first-order valence-electron chi connectivity index (χ1n) is 12.8. The van der Waals surface area contributed by atoms with Crippen LogP contribution in [0, 0.1) is 0 Å². The molecule has 5 rings (SSSR count). The number of Topliss-reactive ketones (excluding diaryl/α,β-unsaturated/α-hetero) is 1. The van der Waals surface area contributed by atoms with E-state index in [0.29, 0.717) is 0 Å². The summed E-state index contributed by atoms with van der Waals surface area (Å²) in [6.07, 6.45) is -5.20. The van der Waals surface area contributed by atoms with Crippen molar-refractivity contribution in [2.24, 2.45) is 0 Å². The minimum Gasteiger partial charge on any atom is -0.507 e. The molecular formula is C28H29NO11. The van der Waals surface area contributed by atoms with Crippen molar-refractivity contribution in [1.29, 1.82) is 0 Å². The molecule has 2 aromatic carbocycles. The van der Waals surface area contributed by atoms with Crippen LogP contribution >= 0.6 is 0 Å². The molecule has 2 aromatic rings. The quantitative estimate of drug-likeness (QED) is 0.250. The van der Waals surface area contributed by atoms with Crippen molar-refractivity contribution in [1.82, 2.24) is 5.32 Å². The SMILES string of the molecule is CC(=O)NC1CC(O[C@H]2C[C@](O)(C(C)=O)Cc3c(O)c4c(c(O)c32)C(=O)c2c(O)cccc2C4=O)OC(C)C1O. The highest BCUT2D eigenvalue weighted by Crippen LogP contribution is 2.52. The molecule has 40 heavy (non-hydrogen) atoms. The molecule has 1 heterocycles. The van der Waals surface area contributed by atoms with Gasteiger partial charge in [-0.15, -0.1) is 0 Å². The number of nitrogens with one attached hydrogen (secondary N) is 1. The van der Waals surface area contributed by atoms with E-state index in [0.717, 1.165) is 6.92 Å². The smallest absolute Gasteiger partial charge is 0.217 e. The zero-order valence-electron chi connectivity index (χ0n) is 21.9. The lowest BCUT2D eigenvalue weighted by molar-refractivity contribution is -0.249. The molecule has 1 fully saturated rings. The molecule has 12 heteroatoms. The number of benzene rings is 2. The van der Waals surface area contributed by atoms with Gasteiger partial charge in [0, 0.05) is 42.9 Å². The molecule has 1 aliphatic heterocycles. The van der Waals surface area contributed by atoms with Crippen molar-refractivity contribution in [3.63, 3.8) is 0 Å². The highest BCUT2D eigenvalue weighted by molar-refractivity contribution is 6.31. The number of carbonyl (C=O) groups excluding carboxylic acids is 4. The van der Waals surface area contributed by atoms with Gasteiger partial charge in [0.25, 0.3) is 0 Å². The van der Waals surface area contributed by atoms with Crippen molar-refractivity contribution in [2.75, 3.05) is 0 Å². The van der Waals surface area contributed by atoms with Crippen LogP contribution in [0.4, 0.5) is 0 Å².